The summed E-state index contributed by atoms with van der Waals surface area (Å²) in [6.45, 7) is 3.79. The molecule has 1 aromatic carbocycles. The van der Waals surface area contributed by atoms with E-state index in [0.29, 0.717) is 11.4 Å². The van der Waals surface area contributed by atoms with Crippen molar-refractivity contribution in [3.05, 3.63) is 22.8 Å². The summed E-state index contributed by atoms with van der Waals surface area (Å²) in [5, 5.41) is 16.6. The number of nitrogen functional groups attached to an aromatic ring is 1. The van der Waals surface area contributed by atoms with Crippen molar-refractivity contribution in [1.82, 2.24) is 10.2 Å². The molecule has 0 aliphatic rings. The number of benzene rings is 1. The standard InChI is InChI=1S/C10H10N4/c1-5-3-8-9(10(12)14-13-8)6(2)7(5)4-11/h3H,1-2H3,(H3,12,13,14). The van der Waals surface area contributed by atoms with Crippen molar-refractivity contribution < 1.29 is 0 Å². The number of nitrogens with one attached hydrogen (secondary N) is 1. The molecule has 70 valence electrons. The van der Waals surface area contributed by atoms with Crippen LogP contribution in [0, 0.1) is 25.2 Å². The largest absolute Gasteiger partial charge is 0.382 e. The number of hydrogen-bond acceptors (Lipinski definition) is 3. The molecule has 0 saturated carbocycles. The van der Waals surface area contributed by atoms with Crippen LogP contribution in [-0.4, -0.2) is 10.2 Å². The molecule has 0 aliphatic carbocycles. The van der Waals surface area contributed by atoms with Crippen LogP contribution in [0.3, 0.4) is 0 Å². The van der Waals surface area contributed by atoms with Gasteiger partial charge in [0, 0.05) is 5.39 Å². The van der Waals surface area contributed by atoms with Crippen molar-refractivity contribution in [2.45, 2.75) is 13.8 Å². The third kappa shape index (κ3) is 0.958. The van der Waals surface area contributed by atoms with Crippen LogP contribution in [-0.2, 0) is 0 Å². The first-order valence-corrected chi connectivity index (χ1v) is 4.29. The lowest BCUT2D eigenvalue weighted by Crippen LogP contribution is -1.91. The number of fused-ring (bicyclic) bond motifs is 1. The Morgan fingerprint density at radius 2 is 2.21 bits per heavy atom. The van der Waals surface area contributed by atoms with Crippen molar-refractivity contribution in [2.24, 2.45) is 0 Å². The lowest BCUT2D eigenvalue weighted by Gasteiger charge is -2.03. The van der Waals surface area contributed by atoms with E-state index in [1.165, 1.54) is 0 Å². The monoisotopic (exact) mass is 186 g/mol. The number of nitrogens with zero attached hydrogens (tertiary/aromatic N) is 2. The second-order valence-electron chi connectivity index (χ2n) is 3.34. The average molecular weight is 186 g/mol. The molecule has 0 saturated heterocycles. The highest BCUT2D eigenvalue weighted by Crippen LogP contribution is 2.26. The minimum absolute atomic E-state index is 0.453. The lowest BCUT2D eigenvalue weighted by molar-refractivity contribution is 1.13. The van der Waals surface area contributed by atoms with Crippen molar-refractivity contribution in [3.8, 4) is 6.07 Å². The van der Waals surface area contributed by atoms with Crippen molar-refractivity contribution in [1.29, 1.82) is 5.26 Å². The summed E-state index contributed by atoms with van der Waals surface area (Å²) in [5.41, 5.74) is 9.11. The van der Waals surface area contributed by atoms with Crippen LogP contribution in [0.15, 0.2) is 6.07 Å². The predicted octanol–water partition coefficient (Wildman–Crippen LogP) is 1.63. The molecule has 0 unspecified atom stereocenters. The summed E-state index contributed by atoms with van der Waals surface area (Å²) in [5.74, 6) is 0.453. The number of H-pyrrole nitrogens is 1. The first-order valence-electron chi connectivity index (χ1n) is 4.29. The molecule has 4 nitrogen and oxygen atoms in total. The van der Waals surface area contributed by atoms with Crippen molar-refractivity contribution in [3.63, 3.8) is 0 Å². The van der Waals surface area contributed by atoms with Crippen LogP contribution >= 0.6 is 0 Å². The summed E-state index contributed by atoms with van der Waals surface area (Å²) in [6.07, 6.45) is 0. The smallest absolute Gasteiger partial charge is 0.153 e. The fourth-order valence-electron chi connectivity index (χ4n) is 1.75. The molecule has 1 heterocycles. The minimum atomic E-state index is 0.453. The fourth-order valence-corrected chi connectivity index (χ4v) is 1.75. The summed E-state index contributed by atoms with van der Waals surface area (Å²) in [7, 11) is 0. The molecule has 0 radical (unpaired) electrons. The Kier molecular flexibility index (Phi) is 1.68. The molecule has 14 heavy (non-hydrogen) atoms. The summed E-state index contributed by atoms with van der Waals surface area (Å²) in [4.78, 5) is 0. The van der Waals surface area contributed by atoms with E-state index >= 15 is 0 Å². The number of aromatic nitrogens is 2. The van der Waals surface area contributed by atoms with E-state index in [1.807, 2.05) is 19.9 Å². The Balaban J connectivity index is 2.98. The number of anilines is 1. The predicted molar refractivity (Wildman–Crippen MR) is 54.7 cm³/mol. The maximum atomic E-state index is 8.97. The molecular formula is C10H10N4. The molecule has 0 amide bonds. The summed E-state index contributed by atoms with van der Waals surface area (Å²) < 4.78 is 0. The molecule has 2 rings (SSSR count). The van der Waals surface area contributed by atoms with Gasteiger partial charge in [-0.2, -0.15) is 10.4 Å². The van der Waals surface area contributed by atoms with Crippen LogP contribution in [0.5, 0.6) is 0 Å². The van der Waals surface area contributed by atoms with Gasteiger partial charge in [-0.25, -0.2) is 0 Å². The van der Waals surface area contributed by atoms with Crippen molar-refractivity contribution in [2.75, 3.05) is 5.73 Å². The number of aromatic amines is 1. The van der Waals surface area contributed by atoms with Gasteiger partial charge in [0.2, 0.25) is 0 Å². The second-order valence-corrected chi connectivity index (χ2v) is 3.34. The van der Waals surface area contributed by atoms with E-state index in [-0.39, 0.29) is 0 Å². The topological polar surface area (TPSA) is 78.5 Å². The van der Waals surface area contributed by atoms with Gasteiger partial charge in [0.15, 0.2) is 5.82 Å². The number of aryl methyl sites for hydroxylation is 2. The van der Waals surface area contributed by atoms with Gasteiger partial charge < -0.3 is 5.73 Å². The minimum Gasteiger partial charge on any atom is -0.382 e. The van der Waals surface area contributed by atoms with Gasteiger partial charge in [0.05, 0.1) is 17.1 Å². The van der Waals surface area contributed by atoms with Crippen LogP contribution in [0.2, 0.25) is 0 Å². The number of nitriles is 1. The quantitative estimate of drug-likeness (QED) is 0.656. The Labute approximate surface area is 81.3 Å². The summed E-state index contributed by atoms with van der Waals surface area (Å²) >= 11 is 0. The molecule has 1 aromatic heterocycles. The van der Waals surface area contributed by atoms with Crippen LogP contribution in [0.25, 0.3) is 10.9 Å². The number of hydrogen-bond donors (Lipinski definition) is 2. The zero-order chi connectivity index (χ0) is 10.3. The van der Waals surface area contributed by atoms with E-state index in [0.717, 1.165) is 22.0 Å². The van der Waals surface area contributed by atoms with Gasteiger partial charge in [-0.3, -0.25) is 5.10 Å². The highest BCUT2D eigenvalue weighted by Gasteiger charge is 2.11. The zero-order valence-corrected chi connectivity index (χ0v) is 8.05. The van der Waals surface area contributed by atoms with E-state index < -0.39 is 0 Å². The van der Waals surface area contributed by atoms with Gasteiger partial charge in [-0.1, -0.05) is 0 Å². The third-order valence-electron chi connectivity index (χ3n) is 2.44. The number of rotatable bonds is 0. The highest BCUT2D eigenvalue weighted by atomic mass is 15.1. The van der Waals surface area contributed by atoms with Gasteiger partial charge in [0.25, 0.3) is 0 Å². The Hall–Kier alpha value is -2.02. The Morgan fingerprint density at radius 1 is 1.50 bits per heavy atom. The van der Waals surface area contributed by atoms with Gasteiger partial charge in [0.1, 0.15) is 0 Å². The molecule has 0 aliphatic heterocycles. The molecule has 0 spiro atoms. The number of nitrogens with two attached hydrogens (primary N) is 1. The lowest BCUT2D eigenvalue weighted by atomic mass is 10.00. The van der Waals surface area contributed by atoms with E-state index in [9.17, 15) is 0 Å². The van der Waals surface area contributed by atoms with E-state index in [1.54, 1.807) is 0 Å². The molecule has 0 bridgehead atoms. The van der Waals surface area contributed by atoms with Gasteiger partial charge in [-0.15, -0.1) is 0 Å². The van der Waals surface area contributed by atoms with Gasteiger partial charge >= 0.3 is 0 Å². The summed E-state index contributed by atoms with van der Waals surface area (Å²) in [6, 6.07) is 4.07. The molecule has 0 fully saturated rings. The van der Waals surface area contributed by atoms with E-state index in [2.05, 4.69) is 16.3 Å². The van der Waals surface area contributed by atoms with E-state index in [4.69, 9.17) is 11.0 Å². The SMILES string of the molecule is Cc1cc2[nH]nc(N)c2c(C)c1C#N. The Bertz CT molecular complexity index is 545. The maximum absolute atomic E-state index is 8.97. The maximum Gasteiger partial charge on any atom is 0.153 e. The second kappa shape index (κ2) is 2.74. The van der Waals surface area contributed by atoms with Crippen LogP contribution in [0.4, 0.5) is 5.82 Å². The van der Waals surface area contributed by atoms with Crippen molar-refractivity contribution >= 4 is 16.7 Å². The zero-order valence-electron chi connectivity index (χ0n) is 8.05. The highest BCUT2D eigenvalue weighted by molar-refractivity contribution is 5.93. The van der Waals surface area contributed by atoms with Crippen LogP contribution < -0.4 is 5.73 Å². The Morgan fingerprint density at radius 3 is 2.86 bits per heavy atom. The molecule has 3 N–H and O–H groups in total. The molecule has 2 aromatic rings. The molecule has 0 atom stereocenters. The first-order chi connectivity index (χ1) is 6.65. The molecule has 4 heteroatoms. The van der Waals surface area contributed by atoms with Gasteiger partial charge in [-0.05, 0) is 31.0 Å². The molecular weight excluding hydrogens is 176 g/mol. The fraction of sp³-hybridized carbons (Fsp3) is 0.200. The first kappa shape index (κ1) is 8.57. The van der Waals surface area contributed by atoms with Crippen LogP contribution in [0.1, 0.15) is 16.7 Å². The third-order valence-corrected chi connectivity index (χ3v) is 2.44. The normalized spacial score (nSPS) is 10.4. The average Bonchev–Trinajstić information content (AvgIpc) is 2.48.